The van der Waals surface area contributed by atoms with Crippen molar-refractivity contribution in [1.29, 1.82) is 0 Å². The molecule has 108 heavy (non-hydrogen) atoms. The van der Waals surface area contributed by atoms with Crippen LogP contribution in [0.15, 0.2) is 370 Å². The first-order valence-electron chi connectivity index (χ1n) is 36.6. The number of nitrogens with zero attached hydrogens (tertiary/aromatic N) is 9. The van der Waals surface area contributed by atoms with E-state index in [9.17, 15) is 0 Å². The van der Waals surface area contributed by atoms with Crippen LogP contribution in [0.2, 0.25) is 0 Å². The third kappa shape index (κ3) is 9.69. The first-order chi connectivity index (χ1) is 53.6. The number of fused-ring (bicyclic) bond motifs is 16. The van der Waals surface area contributed by atoms with E-state index in [1.54, 1.807) is 0 Å². The molecule has 0 amide bonds. The first-order valence-corrected chi connectivity index (χ1v) is 36.6. The van der Waals surface area contributed by atoms with Crippen molar-refractivity contribution in [2.45, 2.75) is 0 Å². The lowest BCUT2D eigenvalue weighted by atomic mass is 9.99. The van der Waals surface area contributed by atoms with Crippen molar-refractivity contribution in [3.63, 3.8) is 0 Å². The van der Waals surface area contributed by atoms with Crippen LogP contribution in [0.25, 0.3) is 211 Å². The average molecular weight is 1380 g/mol. The van der Waals surface area contributed by atoms with Crippen LogP contribution in [0.1, 0.15) is 0 Å². The van der Waals surface area contributed by atoms with Crippen LogP contribution in [0.3, 0.4) is 0 Å². The predicted octanol–water partition coefficient (Wildman–Crippen LogP) is 25.0. The summed E-state index contributed by atoms with van der Waals surface area (Å²) in [7, 11) is 0. The van der Waals surface area contributed by atoms with E-state index in [-0.39, 0.29) is 0 Å². The molecule has 22 rings (SSSR count). The van der Waals surface area contributed by atoms with E-state index in [1.807, 2.05) is 24.3 Å². The van der Waals surface area contributed by atoms with Crippen molar-refractivity contribution >= 4 is 109 Å². The van der Waals surface area contributed by atoms with Crippen molar-refractivity contribution in [1.82, 2.24) is 43.2 Å². The molecule has 0 unspecified atom stereocenters. The van der Waals surface area contributed by atoms with Crippen LogP contribution in [0.4, 0.5) is 0 Å². The van der Waals surface area contributed by atoms with Gasteiger partial charge in [-0.3, -0.25) is 0 Å². The van der Waals surface area contributed by atoms with Crippen LogP contribution in [0.5, 0.6) is 0 Å². The lowest BCUT2D eigenvalue weighted by molar-refractivity contribution is 1.07. The molecule has 6 heterocycles. The second-order valence-electron chi connectivity index (χ2n) is 27.9. The predicted molar refractivity (Wildman–Crippen MR) is 446 cm³/mol. The molecule has 0 saturated heterocycles. The van der Waals surface area contributed by atoms with E-state index in [0.29, 0.717) is 23.3 Å². The largest absolute Gasteiger partial charge is 0.309 e. The van der Waals surface area contributed by atoms with Gasteiger partial charge in [0.15, 0.2) is 23.3 Å². The summed E-state index contributed by atoms with van der Waals surface area (Å²) in [5.41, 5.74) is 22.9. The molecule has 22 aromatic rings. The Morgan fingerprint density at radius 3 is 1.19 bits per heavy atom. The van der Waals surface area contributed by atoms with Gasteiger partial charge >= 0.3 is 0 Å². The molecule has 0 N–H and O–H groups in total. The van der Waals surface area contributed by atoms with Crippen molar-refractivity contribution in [3.8, 4) is 102 Å². The van der Waals surface area contributed by atoms with E-state index in [2.05, 4.69) is 364 Å². The fourth-order valence-electron chi connectivity index (χ4n) is 17.0. The molecule has 0 bridgehead atoms. The zero-order valence-corrected chi connectivity index (χ0v) is 58.2. The van der Waals surface area contributed by atoms with Crippen molar-refractivity contribution in [2.24, 2.45) is 0 Å². The van der Waals surface area contributed by atoms with Gasteiger partial charge in [0.1, 0.15) is 0 Å². The Morgan fingerprint density at radius 1 is 0.176 bits per heavy atom. The van der Waals surface area contributed by atoms with Gasteiger partial charge < -0.3 is 18.3 Å². The van der Waals surface area contributed by atoms with Gasteiger partial charge in [0.2, 0.25) is 0 Å². The number of rotatable bonds is 11. The molecule has 0 fully saturated rings. The van der Waals surface area contributed by atoms with E-state index >= 15 is 0 Å². The molecule has 0 aliphatic carbocycles. The van der Waals surface area contributed by atoms with Gasteiger partial charge in [-0.2, -0.15) is 0 Å². The Labute approximate surface area is 620 Å². The summed E-state index contributed by atoms with van der Waals surface area (Å²) in [6, 6.07) is 132. The number of para-hydroxylation sites is 6. The van der Waals surface area contributed by atoms with Crippen LogP contribution in [-0.4, -0.2) is 43.2 Å². The van der Waals surface area contributed by atoms with E-state index in [1.165, 1.54) is 65.2 Å². The van der Waals surface area contributed by atoms with Crippen molar-refractivity contribution < 1.29 is 0 Å². The zero-order chi connectivity index (χ0) is 70.9. The summed E-state index contributed by atoms with van der Waals surface area (Å²) in [4.78, 5) is 27.0. The minimum absolute atomic E-state index is 0.569. The molecule has 0 aliphatic heterocycles. The Hall–Kier alpha value is -14.7. The second-order valence-corrected chi connectivity index (χ2v) is 27.9. The summed E-state index contributed by atoms with van der Waals surface area (Å²) < 4.78 is 9.73. The van der Waals surface area contributed by atoms with E-state index in [4.69, 9.17) is 24.9 Å². The lowest BCUT2D eigenvalue weighted by Gasteiger charge is -2.15. The fourth-order valence-corrected chi connectivity index (χ4v) is 17.0. The summed E-state index contributed by atoms with van der Waals surface area (Å²) in [6.45, 7) is 0. The van der Waals surface area contributed by atoms with Gasteiger partial charge in [-0.25, -0.2) is 24.9 Å². The molecule has 502 valence electrons. The summed E-state index contributed by atoms with van der Waals surface area (Å²) in [5.74, 6) is 2.37. The van der Waals surface area contributed by atoms with Crippen LogP contribution in [-0.2, 0) is 0 Å². The van der Waals surface area contributed by atoms with Gasteiger partial charge in [0.05, 0.1) is 55.5 Å². The lowest BCUT2D eigenvalue weighted by Crippen LogP contribution is -2.02. The minimum Gasteiger partial charge on any atom is -0.309 e. The quantitative estimate of drug-likeness (QED) is 0.129. The highest BCUT2D eigenvalue weighted by molar-refractivity contribution is 6.28. The third-order valence-electron chi connectivity index (χ3n) is 21.8. The normalized spacial score (nSPS) is 11.9. The molecule has 0 spiro atoms. The van der Waals surface area contributed by atoms with Gasteiger partial charge in [0.25, 0.3) is 0 Å². The molecular weight excluding hydrogens is 1320 g/mol. The van der Waals surface area contributed by atoms with Crippen molar-refractivity contribution in [2.75, 3.05) is 0 Å². The molecule has 9 nitrogen and oxygen atoms in total. The number of aromatic nitrogens is 9. The smallest absolute Gasteiger partial charge is 0.164 e. The number of benzene rings is 16. The topological polar surface area (TPSA) is 84.2 Å². The highest BCUT2D eigenvalue weighted by atomic mass is 15.1. The summed E-state index contributed by atoms with van der Waals surface area (Å²) in [6.07, 6.45) is 0. The fraction of sp³-hybridized carbons (Fsp3) is 0. The maximum atomic E-state index is 5.49. The maximum Gasteiger partial charge on any atom is 0.164 e. The van der Waals surface area contributed by atoms with Crippen LogP contribution >= 0.6 is 0 Å². The molecule has 0 aliphatic rings. The number of hydrogen-bond donors (Lipinski definition) is 0. The summed E-state index contributed by atoms with van der Waals surface area (Å²) in [5, 5.41) is 14.0. The van der Waals surface area contributed by atoms with E-state index < -0.39 is 0 Å². The average Bonchev–Trinajstić information content (AvgIpc) is 1.55. The highest BCUT2D eigenvalue weighted by Crippen LogP contribution is 2.46. The molecule has 9 heteroatoms. The Bertz CT molecular complexity index is 7400. The molecule has 0 radical (unpaired) electrons. The summed E-state index contributed by atoms with van der Waals surface area (Å²) >= 11 is 0. The van der Waals surface area contributed by atoms with Crippen LogP contribution in [0, 0.1) is 0 Å². The Balaban J connectivity index is 0.636. The molecule has 16 aromatic carbocycles. The van der Waals surface area contributed by atoms with Gasteiger partial charge in [-0.15, -0.1) is 0 Å². The molecular formula is C99H61N9. The SMILES string of the molecule is c1ccc(-c2cc(-c3cccc4cc(-n5c6ccccc6c6c5ccc5c7ccccc7n(-c7ccccc7)c56)ccc34)nc(-c3ccc(-c4cccc(-c5nc(-c6ccccc6)nc(-c6cc(-n7c8ccccc8c8c7ccc7c9ccccc9n(-c9ccccc9)c78)cc7ccccc67)n5)c4)cc3)n2)cc1. The minimum atomic E-state index is 0.569. The standard InChI is InChI=1S/C99H61N9/c1-5-25-63(26-6-1)84-61-85(76-42-24-31-68-58-72(51-52-75(68)76)105-88-45-21-17-40-81(88)92-90(105)55-53-79-77-38-15-19-43-86(77)107(94(79)92)70-33-9-3-10-34-70)101-96(100-84)65-49-47-62(48-50-65)66-30-23-32-69(57-66)98-102-97(64-27-7-2-8-28-64)103-99(104-98)83-60-73(59-67-29-13-14-37-74(67)83)106-89-46-22-18-41-82(89)93-91(106)56-54-80-78-39-16-20-44-87(78)108(95(80)93)71-35-11-4-12-36-71/h1-61H. The molecule has 0 saturated carbocycles. The first kappa shape index (κ1) is 60.9. The van der Waals surface area contributed by atoms with Crippen molar-refractivity contribution in [3.05, 3.63) is 370 Å². The second kappa shape index (κ2) is 24.5. The maximum absolute atomic E-state index is 5.49. The highest BCUT2D eigenvalue weighted by Gasteiger charge is 2.26. The Kier molecular flexibility index (Phi) is 13.8. The zero-order valence-electron chi connectivity index (χ0n) is 58.2. The molecule has 0 atom stereocenters. The van der Waals surface area contributed by atoms with E-state index in [0.717, 1.165) is 122 Å². The van der Waals surface area contributed by atoms with Gasteiger partial charge in [0, 0.05) is 99.2 Å². The molecule has 6 aromatic heterocycles. The van der Waals surface area contributed by atoms with Gasteiger partial charge in [-0.05, 0) is 130 Å². The number of hydrogen-bond acceptors (Lipinski definition) is 5. The van der Waals surface area contributed by atoms with Gasteiger partial charge in [-0.1, -0.05) is 273 Å². The monoisotopic (exact) mass is 1380 g/mol. The van der Waals surface area contributed by atoms with Crippen LogP contribution < -0.4 is 0 Å². The third-order valence-corrected chi connectivity index (χ3v) is 21.8. The Morgan fingerprint density at radius 2 is 0.583 bits per heavy atom.